The third kappa shape index (κ3) is 4.55. The summed E-state index contributed by atoms with van der Waals surface area (Å²) in [6.07, 6.45) is 6.01. The van der Waals surface area contributed by atoms with Crippen molar-refractivity contribution in [1.29, 1.82) is 0 Å². The number of anilines is 1. The van der Waals surface area contributed by atoms with Crippen LogP contribution in [0.5, 0.6) is 5.75 Å². The fraction of sp³-hybridized carbons (Fsp3) is 0.355. The van der Waals surface area contributed by atoms with E-state index in [4.69, 9.17) is 9.15 Å². The zero-order chi connectivity index (χ0) is 27.2. The number of hydrogen-bond acceptors (Lipinski definition) is 7. The van der Waals surface area contributed by atoms with Crippen LogP contribution in [0.25, 0.3) is 11.1 Å². The molecule has 9 heteroatoms. The number of pyridine rings is 1. The molecular formula is C31H31N5O4. The molecule has 2 aromatic carbocycles. The van der Waals surface area contributed by atoms with Crippen LogP contribution < -0.4 is 9.64 Å². The lowest BCUT2D eigenvalue weighted by Gasteiger charge is -2.33. The Labute approximate surface area is 232 Å². The Bertz CT molecular complexity index is 1550. The monoisotopic (exact) mass is 537 g/mol. The minimum absolute atomic E-state index is 0.00331. The largest absolute Gasteiger partial charge is 0.490 e. The summed E-state index contributed by atoms with van der Waals surface area (Å²) in [4.78, 5) is 40.8. The van der Waals surface area contributed by atoms with E-state index in [0.717, 1.165) is 38.1 Å². The van der Waals surface area contributed by atoms with E-state index in [9.17, 15) is 9.59 Å². The Morgan fingerprint density at radius 1 is 0.900 bits per heavy atom. The van der Waals surface area contributed by atoms with Crippen LogP contribution >= 0.6 is 0 Å². The highest BCUT2D eigenvalue weighted by Crippen LogP contribution is 2.34. The summed E-state index contributed by atoms with van der Waals surface area (Å²) in [7, 11) is 0. The van der Waals surface area contributed by atoms with Gasteiger partial charge in [-0.05, 0) is 49.7 Å². The smallest absolute Gasteiger partial charge is 0.310 e. The summed E-state index contributed by atoms with van der Waals surface area (Å²) in [5, 5.41) is 0. The number of rotatable bonds is 5. The number of oxazole rings is 1. The highest BCUT2D eigenvalue weighted by atomic mass is 16.5. The van der Waals surface area contributed by atoms with Crippen LogP contribution in [-0.2, 0) is 0 Å². The van der Waals surface area contributed by atoms with Gasteiger partial charge in [-0.15, -0.1) is 0 Å². The number of likely N-dealkylation sites (tertiary alicyclic amines) is 2. The van der Waals surface area contributed by atoms with Crippen LogP contribution in [-0.4, -0.2) is 75.9 Å². The number of ether oxygens (including phenoxy) is 1. The van der Waals surface area contributed by atoms with E-state index >= 15 is 0 Å². The number of aryl methyl sites for hydroxylation is 1. The third-order valence-corrected chi connectivity index (χ3v) is 8.38. The lowest BCUT2D eigenvalue weighted by atomic mass is 10.1. The van der Waals surface area contributed by atoms with Crippen LogP contribution in [0.2, 0.25) is 0 Å². The van der Waals surface area contributed by atoms with Crippen molar-refractivity contribution in [1.82, 2.24) is 19.8 Å². The number of benzene rings is 2. The number of carbonyl (C=O) groups excluding carboxylic acids is 2. The van der Waals surface area contributed by atoms with Gasteiger partial charge < -0.3 is 23.9 Å². The van der Waals surface area contributed by atoms with Gasteiger partial charge in [0, 0.05) is 68.7 Å². The zero-order valence-corrected chi connectivity index (χ0v) is 22.4. The molecule has 5 heterocycles. The van der Waals surface area contributed by atoms with Gasteiger partial charge in [0.15, 0.2) is 5.58 Å². The van der Waals surface area contributed by atoms with Gasteiger partial charge in [-0.3, -0.25) is 14.6 Å². The topological polar surface area (TPSA) is 92.0 Å². The minimum atomic E-state index is -0.231. The molecular weight excluding hydrogens is 506 g/mol. The first kappa shape index (κ1) is 24.6. The molecule has 4 aromatic rings. The summed E-state index contributed by atoms with van der Waals surface area (Å²) in [5.41, 5.74) is 4.31. The van der Waals surface area contributed by atoms with Gasteiger partial charge in [-0.2, -0.15) is 0 Å². The second-order valence-electron chi connectivity index (χ2n) is 11.0. The number of fused-ring (bicyclic) bond motifs is 3. The number of piperidine rings is 1. The minimum Gasteiger partial charge on any atom is -0.490 e. The van der Waals surface area contributed by atoms with Crippen LogP contribution in [0.15, 0.2) is 71.4 Å². The molecule has 2 amide bonds. The fourth-order valence-electron chi connectivity index (χ4n) is 6.20. The first-order valence-corrected chi connectivity index (χ1v) is 13.9. The van der Waals surface area contributed by atoms with Crippen LogP contribution in [0, 0.1) is 6.92 Å². The Kier molecular flexibility index (Phi) is 6.14. The summed E-state index contributed by atoms with van der Waals surface area (Å²) in [6.45, 7) is 4.99. The highest BCUT2D eigenvalue weighted by Gasteiger charge is 2.48. The molecule has 204 valence electrons. The van der Waals surface area contributed by atoms with Crippen molar-refractivity contribution in [3.8, 4) is 5.75 Å². The summed E-state index contributed by atoms with van der Waals surface area (Å²) < 4.78 is 12.2. The van der Waals surface area contributed by atoms with Gasteiger partial charge in [0.1, 0.15) is 17.4 Å². The number of piperazine rings is 1. The van der Waals surface area contributed by atoms with E-state index in [1.807, 2.05) is 23.1 Å². The number of amides is 2. The van der Waals surface area contributed by atoms with Gasteiger partial charge in [0.25, 0.3) is 11.8 Å². The van der Waals surface area contributed by atoms with Crippen LogP contribution in [0.4, 0.5) is 5.69 Å². The molecule has 3 aliphatic rings. The van der Waals surface area contributed by atoms with Crippen LogP contribution in [0.3, 0.4) is 0 Å². The van der Waals surface area contributed by atoms with Gasteiger partial charge in [-0.25, -0.2) is 4.98 Å². The summed E-state index contributed by atoms with van der Waals surface area (Å²) >= 11 is 0. The van der Waals surface area contributed by atoms with E-state index in [1.165, 1.54) is 11.3 Å². The molecule has 2 bridgehead atoms. The molecule has 3 fully saturated rings. The summed E-state index contributed by atoms with van der Waals surface area (Å²) in [5.74, 6) is 0.558. The van der Waals surface area contributed by atoms with Crippen molar-refractivity contribution < 1.29 is 18.7 Å². The van der Waals surface area contributed by atoms with Crippen molar-refractivity contribution in [3.63, 3.8) is 0 Å². The average Bonchev–Trinajstić information content (AvgIpc) is 3.72. The maximum Gasteiger partial charge on any atom is 0.310 e. The predicted octanol–water partition coefficient (Wildman–Crippen LogP) is 4.32. The average molecular weight is 538 g/mol. The van der Waals surface area contributed by atoms with E-state index in [0.29, 0.717) is 29.8 Å². The van der Waals surface area contributed by atoms with Gasteiger partial charge in [-0.1, -0.05) is 17.7 Å². The fourth-order valence-corrected chi connectivity index (χ4v) is 6.20. The normalized spacial score (nSPS) is 20.9. The molecule has 40 heavy (non-hydrogen) atoms. The maximum absolute atomic E-state index is 13.3. The van der Waals surface area contributed by atoms with Crippen molar-refractivity contribution in [2.75, 3.05) is 31.1 Å². The number of carbonyl (C=O) groups is 2. The Morgan fingerprint density at radius 2 is 1.60 bits per heavy atom. The number of nitrogens with zero attached hydrogens (tertiary/aromatic N) is 5. The second kappa shape index (κ2) is 9.97. The second-order valence-corrected chi connectivity index (χ2v) is 11.0. The molecule has 7 rings (SSSR count). The van der Waals surface area contributed by atoms with E-state index in [2.05, 4.69) is 46.1 Å². The van der Waals surface area contributed by atoms with Crippen LogP contribution in [0.1, 0.15) is 45.9 Å². The summed E-state index contributed by atoms with van der Waals surface area (Å²) in [6, 6.07) is 17.6. The standard InChI is InChI=1S/C31H31N5O4/c1-20-2-4-22(5-3-20)34-14-10-25(11-15-34)39-26-6-7-27-28(17-26)40-29(33-27)31(38)36-19-23-16-24(36)18-35(23)30(37)21-8-12-32-13-9-21/h2-9,12-13,17,23-25H,10-11,14-16,18-19H2,1H3. The van der Waals surface area contributed by atoms with Gasteiger partial charge in [0.05, 0.1) is 12.1 Å². The molecule has 2 aromatic heterocycles. The Morgan fingerprint density at radius 3 is 2.30 bits per heavy atom. The molecule has 0 radical (unpaired) electrons. The molecule has 0 aliphatic carbocycles. The van der Waals surface area contributed by atoms with Gasteiger partial charge >= 0.3 is 5.91 Å². The molecule has 2 unspecified atom stereocenters. The highest BCUT2D eigenvalue weighted by molar-refractivity contribution is 5.96. The van der Waals surface area contributed by atoms with Crippen molar-refractivity contribution in [2.45, 2.75) is 44.4 Å². The maximum atomic E-state index is 13.3. The molecule has 2 atom stereocenters. The molecule has 0 saturated carbocycles. The quantitative estimate of drug-likeness (QED) is 0.374. The lowest BCUT2D eigenvalue weighted by molar-refractivity contribution is 0.0506. The SMILES string of the molecule is Cc1ccc(N2CCC(Oc3ccc4nc(C(=O)N5CC6CC5CN6C(=O)c5ccncc5)oc4c3)CC2)cc1. The first-order chi connectivity index (χ1) is 19.5. The zero-order valence-electron chi connectivity index (χ0n) is 22.4. The molecule has 3 aliphatic heterocycles. The molecule has 0 spiro atoms. The van der Waals surface area contributed by atoms with Gasteiger partial charge in [0.2, 0.25) is 0 Å². The predicted molar refractivity (Wildman–Crippen MR) is 150 cm³/mol. The van der Waals surface area contributed by atoms with Crippen molar-refractivity contribution >= 4 is 28.6 Å². The van der Waals surface area contributed by atoms with Crippen molar-refractivity contribution in [2.24, 2.45) is 0 Å². The van der Waals surface area contributed by atoms with Crippen molar-refractivity contribution in [3.05, 3.63) is 84.0 Å². The molecule has 3 saturated heterocycles. The first-order valence-electron chi connectivity index (χ1n) is 13.9. The van der Waals surface area contributed by atoms with E-state index in [-0.39, 0.29) is 35.9 Å². The number of hydrogen-bond donors (Lipinski definition) is 0. The Hall–Kier alpha value is -4.40. The van der Waals surface area contributed by atoms with E-state index < -0.39 is 0 Å². The number of aromatic nitrogens is 2. The molecule has 0 N–H and O–H groups in total. The van der Waals surface area contributed by atoms with E-state index in [1.54, 1.807) is 29.4 Å². The Balaban J connectivity index is 0.976. The third-order valence-electron chi connectivity index (χ3n) is 8.38. The molecule has 9 nitrogen and oxygen atoms in total. The lowest BCUT2D eigenvalue weighted by Crippen LogP contribution is -2.50.